The van der Waals surface area contributed by atoms with E-state index in [4.69, 9.17) is 0 Å². The Hall–Kier alpha value is -2.34. The van der Waals surface area contributed by atoms with Gasteiger partial charge < -0.3 is 19.7 Å². The van der Waals surface area contributed by atoms with Crippen LogP contribution in [0.15, 0.2) is 12.1 Å². The van der Waals surface area contributed by atoms with Crippen molar-refractivity contribution in [3.05, 3.63) is 29.0 Å². The summed E-state index contributed by atoms with van der Waals surface area (Å²) in [5, 5.41) is 4.57. The maximum Gasteiger partial charge on any atom is 0.219 e. The van der Waals surface area contributed by atoms with Crippen LogP contribution in [0.1, 0.15) is 73.1 Å². The number of aryl methyl sites for hydroxylation is 1. The standard InChI is InChI=1S/C25H36N4O2/c1-5-27-10-8-21(9-11-27)29-23-15-20(19-6-12-28(13-7-19)18(3)31)14-22(26-4)25(23)17(2)24(29)16-30/h14-16,19,21,26H,5-13H2,1-4H3. The van der Waals surface area contributed by atoms with Crippen molar-refractivity contribution in [3.8, 4) is 0 Å². The zero-order valence-corrected chi connectivity index (χ0v) is 19.4. The third-order valence-corrected chi connectivity index (χ3v) is 7.58. The number of aromatic nitrogens is 1. The van der Waals surface area contributed by atoms with Gasteiger partial charge in [-0.15, -0.1) is 0 Å². The Labute approximate surface area is 185 Å². The van der Waals surface area contributed by atoms with Crippen LogP contribution in [0.4, 0.5) is 5.69 Å². The molecule has 1 aromatic carbocycles. The van der Waals surface area contributed by atoms with Crippen LogP contribution in [-0.2, 0) is 4.79 Å². The fraction of sp³-hybridized carbons (Fsp3) is 0.600. The molecule has 1 amide bonds. The van der Waals surface area contributed by atoms with Crippen LogP contribution in [-0.4, -0.2) is 66.3 Å². The van der Waals surface area contributed by atoms with E-state index in [9.17, 15) is 9.59 Å². The van der Waals surface area contributed by atoms with E-state index in [1.54, 1.807) is 6.92 Å². The minimum absolute atomic E-state index is 0.170. The number of carbonyl (C=O) groups is 2. The Bertz CT molecular complexity index is 964. The Morgan fingerprint density at radius 1 is 1.13 bits per heavy atom. The fourth-order valence-electron chi connectivity index (χ4n) is 5.66. The Morgan fingerprint density at radius 2 is 1.81 bits per heavy atom. The van der Waals surface area contributed by atoms with Gasteiger partial charge in [-0.25, -0.2) is 0 Å². The molecule has 6 heteroatoms. The van der Waals surface area contributed by atoms with Gasteiger partial charge in [0.25, 0.3) is 0 Å². The number of carbonyl (C=O) groups excluding carboxylic acids is 2. The SMILES string of the molecule is CCN1CCC(n2c(C=O)c(C)c3c(NC)cc(C4CCN(C(C)=O)CC4)cc32)CC1. The normalized spacial score (nSPS) is 19.2. The molecule has 0 aliphatic carbocycles. The number of hydrogen-bond acceptors (Lipinski definition) is 4. The molecular weight excluding hydrogens is 388 g/mol. The van der Waals surface area contributed by atoms with Gasteiger partial charge in [-0.05, 0) is 68.3 Å². The van der Waals surface area contributed by atoms with Crippen LogP contribution in [0, 0.1) is 6.92 Å². The van der Waals surface area contributed by atoms with E-state index in [2.05, 4.69) is 40.8 Å². The summed E-state index contributed by atoms with van der Waals surface area (Å²) in [6, 6.07) is 4.96. The first-order chi connectivity index (χ1) is 15.0. The molecule has 0 bridgehead atoms. The van der Waals surface area contributed by atoms with Crippen LogP contribution in [0.25, 0.3) is 10.9 Å². The molecule has 0 unspecified atom stereocenters. The first kappa shape index (κ1) is 21.9. The first-order valence-electron chi connectivity index (χ1n) is 11.8. The number of fused-ring (bicyclic) bond motifs is 1. The number of nitrogens with zero attached hydrogens (tertiary/aromatic N) is 3. The van der Waals surface area contributed by atoms with Crippen molar-refractivity contribution in [3.63, 3.8) is 0 Å². The highest BCUT2D eigenvalue weighted by Gasteiger charge is 2.28. The van der Waals surface area contributed by atoms with Crippen LogP contribution in [0.3, 0.4) is 0 Å². The molecule has 2 aromatic rings. The van der Waals surface area contributed by atoms with E-state index >= 15 is 0 Å². The smallest absolute Gasteiger partial charge is 0.219 e. The highest BCUT2D eigenvalue weighted by molar-refractivity contribution is 6.01. The van der Waals surface area contributed by atoms with E-state index in [1.165, 1.54) is 16.5 Å². The molecule has 1 N–H and O–H groups in total. The first-order valence-corrected chi connectivity index (χ1v) is 11.8. The summed E-state index contributed by atoms with van der Waals surface area (Å²) in [6.45, 7) is 10.9. The predicted molar refractivity (Wildman–Crippen MR) is 126 cm³/mol. The van der Waals surface area contributed by atoms with Crippen molar-refractivity contribution in [2.24, 2.45) is 0 Å². The molecule has 0 saturated carbocycles. The van der Waals surface area contributed by atoms with Crippen LogP contribution >= 0.6 is 0 Å². The van der Waals surface area contributed by atoms with Gasteiger partial charge in [0.05, 0.1) is 11.2 Å². The van der Waals surface area contributed by atoms with Gasteiger partial charge in [-0.3, -0.25) is 9.59 Å². The lowest BCUT2D eigenvalue weighted by molar-refractivity contribution is -0.129. The second-order valence-corrected chi connectivity index (χ2v) is 9.16. The summed E-state index contributed by atoms with van der Waals surface area (Å²) in [5.74, 6) is 0.612. The third-order valence-electron chi connectivity index (χ3n) is 7.58. The zero-order chi connectivity index (χ0) is 22.1. The lowest BCUT2D eigenvalue weighted by atomic mass is 9.88. The zero-order valence-electron chi connectivity index (χ0n) is 19.4. The maximum absolute atomic E-state index is 12.2. The molecular formula is C25H36N4O2. The summed E-state index contributed by atoms with van der Waals surface area (Å²) in [7, 11) is 1.97. The van der Waals surface area contributed by atoms with Gasteiger partial charge in [-0.2, -0.15) is 0 Å². The average Bonchev–Trinajstić information content (AvgIpc) is 3.10. The van der Waals surface area contributed by atoms with Crippen LogP contribution < -0.4 is 5.32 Å². The Kier molecular flexibility index (Phi) is 6.37. The Balaban J connectivity index is 1.76. The van der Waals surface area contributed by atoms with Gasteiger partial charge in [0.1, 0.15) is 0 Å². The molecule has 3 heterocycles. The number of benzene rings is 1. The van der Waals surface area contributed by atoms with Crippen molar-refractivity contribution < 1.29 is 9.59 Å². The number of amides is 1. The molecule has 0 atom stereocenters. The molecule has 168 valence electrons. The molecule has 1 aromatic heterocycles. The van der Waals surface area contributed by atoms with Crippen LogP contribution in [0.5, 0.6) is 0 Å². The van der Waals surface area contributed by atoms with E-state index in [0.717, 1.165) is 81.6 Å². The van der Waals surface area contributed by atoms with Crippen molar-refractivity contribution in [2.45, 2.75) is 58.4 Å². The molecule has 31 heavy (non-hydrogen) atoms. The van der Waals surface area contributed by atoms with E-state index in [0.29, 0.717) is 12.0 Å². The second-order valence-electron chi connectivity index (χ2n) is 9.16. The summed E-state index contributed by atoms with van der Waals surface area (Å²) in [5.41, 5.74) is 5.51. The lowest BCUT2D eigenvalue weighted by Gasteiger charge is -2.33. The van der Waals surface area contributed by atoms with Gasteiger partial charge in [-0.1, -0.05) is 6.92 Å². The molecule has 0 spiro atoms. The van der Waals surface area contributed by atoms with Crippen molar-refractivity contribution in [1.82, 2.24) is 14.4 Å². The molecule has 4 rings (SSSR count). The van der Waals surface area contributed by atoms with Crippen molar-refractivity contribution in [2.75, 3.05) is 45.1 Å². The number of hydrogen-bond donors (Lipinski definition) is 1. The quantitative estimate of drug-likeness (QED) is 0.732. The van der Waals surface area contributed by atoms with Gasteiger partial charge in [0.15, 0.2) is 6.29 Å². The van der Waals surface area contributed by atoms with E-state index < -0.39 is 0 Å². The number of piperidine rings is 2. The number of rotatable bonds is 5. The topological polar surface area (TPSA) is 57.6 Å². The van der Waals surface area contributed by atoms with Crippen LogP contribution in [0.2, 0.25) is 0 Å². The van der Waals surface area contributed by atoms with Gasteiger partial charge in [0, 0.05) is 57.3 Å². The predicted octanol–water partition coefficient (Wildman–Crippen LogP) is 4.19. The minimum Gasteiger partial charge on any atom is -0.388 e. The maximum atomic E-state index is 12.2. The molecule has 2 aliphatic heterocycles. The fourth-order valence-corrected chi connectivity index (χ4v) is 5.66. The second kappa shape index (κ2) is 9.03. The van der Waals surface area contributed by atoms with E-state index in [1.807, 2.05) is 11.9 Å². The number of aldehydes is 1. The van der Waals surface area contributed by atoms with Gasteiger partial charge >= 0.3 is 0 Å². The van der Waals surface area contributed by atoms with Crippen molar-refractivity contribution >= 4 is 28.8 Å². The highest BCUT2D eigenvalue weighted by Crippen LogP contribution is 2.40. The lowest BCUT2D eigenvalue weighted by Crippen LogP contribution is -2.36. The minimum atomic E-state index is 0.170. The summed E-state index contributed by atoms with van der Waals surface area (Å²) >= 11 is 0. The third kappa shape index (κ3) is 3.98. The summed E-state index contributed by atoms with van der Waals surface area (Å²) in [4.78, 5) is 28.3. The Morgan fingerprint density at radius 3 is 2.35 bits per heavy atom. The largest absolute Gasteiger partial charge is 0.388 e. The number of likely N-dealkylation sites (tertiary alicyclic amines) is 2. The van der Waals surface area contributed by atoms with E-state index in [-0.39, 0.29) is 5.91 Å². The number of nitrogens with one attached hydrogen (secondary N) is 1. The summed E-state index contributed by atoms with van der Waals surface area (Å²) in [6.07, 6.45) is 5.18. The monoisotopic (exact) mass is 424 g/mol. The highest BCUT2D eigenvalue weighted by atomic mass is 16.2. The molecule has 2 aliphatic rings. The molecule has 2 fully saturated rings. The average molecular weight is 425 g/mol. The summed E-state index contributed by atoms with van der Waals surface area (Å²) < 4.78 is 2.33. The molecule has 6 nitrogen and oxygen atoms in total. The molecule has 2 saturated heterocycles. The molecule has 0 radical (unpaired) electrons. The number of anilines is 1. The van der Waals surface area contributed by atoms with Crippen molar-refractivity contribution in [1.29, 1.82) is 0 Å². The van der Waals surface area contributed by atoms with Gasteiger partial charge in [0.2, 0.25) is 5.91 Å².